The predicted molar refractivity (Wildman–Crippen MR) is 77.8 cm³/mol. The highest BCUT2D eigenvalue weighted by Gasteiger charge is 2.19. The van der Waals surface area contributed by atoms with Gasteiger partial charge >= 0.3 is 5.97 Å². The van der Waals surface area contributed by atoms with Gasteiger partial charge < -0.3 is 10.6 Å². The highest BCUT2D eigenvalue weighted by molar-refractivity contribution is 7.12. The molecule has 1 unspecified atom stereocenters. The number of aromatic nitrogens is 2. The molecule has 0 bridgehead atoms. The molecular formula is C12H13ClN4O2S. The van der Waals surface area contributed by atoms with Crippen LogP contribution in [0.2, 0.25) is 5.02 Å². The summed E-state index contributed by atoms with van der Waals surface area (Å²) in [5, 5.41) is 10.1. The van der Waals surface area contributed by atoms with Crippen molar-refractivity contribution in [3.63, 3.8) is 0 Å². The number of rotatable bonds is 4. The summed E-state index contributed by atoms with van der Waals surface area (Å²) in [6.07, 6.45) is 1.56. The van der Waals surface area contributed by atoms with Crippen LogP contribution in [0.25, 0.3) is 0 Å². The van der Waals surface area contributed by atoms with Crippen LogP contribution in [0.15, 0.2) is 28.9 Å². The molecule has 2 heterocycles. The van der Waals surface area contributed by atoms with Crippen molar-refractivity contribution in [3.8, 4) is 0 Å². The van der Waals surface area contributed by atoms with Crippen molar-refractivity contribution in [2.75, 3.05) is 0 Å². The van der Waals surface area contributed by atoms with Crippen molar-refractivity contribution in [2.45, 2.75) is 19.9 Å². The fraction of sp³-hybridized carbons (Fsp3) is 0.250. The number of oxime groups is 1. The summed E-state index contributed by atoms with van der Waals surface area (Å²) in [4.78, 5) is 17.4. The zero-order valence-corrected chi connectivity index (χ0v) is 12.5. The van der Waals surface area contributed by atoms with Gasteiger partial charge in [-0.2, -0.15) is 5.10 Å². The third-order valence-corrected chi connectivity index (χ3v) is 3.87. The predicted octanol–water partition coefficient (Wildman–Crippen LogP) is 2.33. The first-order valence-electron chi connectivity index (χ1n) is 5.78. The van der Waals surface area contributed by atoms with E-state index in [9.17, 15) is 4.79 Å². The molecule has 106 valence electrons. The Labute approximate surface area is 124 Å². The third kappa shape index (κ3) is 3.17. The van der Waals surface area contributed by atoms with Crippen LogP contribution in [0, 0.1) is 6.92 Å². The molecule has 1 atom stereocenters. The smallest absolute Gasteiger partial charge is 0.359 e. The highest BCUT2D eigenvalue weighted by atomic mass is 35.5. The van der Waals surface area contributed by atoms with Crippen LogP contribution in [-0.4, -0.2) is 21.6 Å². The van der Waals surface area contributed by atoms with Gasteiger partial charge in [-0.05, 0) is 25.3 Å². The van der Waals surface area contributed by atoms with E-state index >= 15 is 0 Å². The Morgan fingerprint density at radius 1 is 1.65 bits per heavy atom. The van der Waals surface area contributed by atoms with E-state index in [0.717, 1.165) is 4.88 Å². The van der Waals surface area contributed by atoms with Gasteiger partial charge in [0.1, 0.15) is 6.04 Å². The maximum absolute atomic E-state index is 11.9. The number of aryl methyl sites for hydroxylation is 1. The molecular weight excluding hydrogens is 300 g/mol. The number of nitrogens with two attached hydrogens (primary N) is 1. The van der Waals surface area contributed by atoms with Crippen LogP contribution in [0.4, 0.5) is 0 Å². The van der Waals surface area contributed by atoms with E-state index < -0.39 is 12.0 Å². The van der Waals surface area contributed by atoms with E-state index in [2.05, 4.69) is 10.3 Å². The minimum atomic E-state index is -0.638. The van der Waals surface area contributed by atoms with Crippen molar-refractivity contribution in [1.82, 2.24) is 9.78 Å². The van der Waals surface area contributed by atoms with Crippen LogP contribution in [0.3, 0.4) is 0 Å². The molecule has 0 aromatic carbocycles. The minimum Gasteiger partial charge on any atom is -0.380 e. The first-order valence-corrected chi connectivity index (χ1v) is 7.04. The summed E-state index contributed by atoms with van der Waals surface area (Å²) in [5.74, 6) is -0.404. The molecule has 8 heteroatoms. The summed E-state index contributed by atoms with van der Waals surface area (Å²) in [7, 11) is 0. The standard InChI is InChI=1S/C12H13ClN4O2S/c1-7-9(13)6-17(15-7)8(2)12(18)19-16-11(14)10-4-3-5-20-10/h3-6,8H,1-2H3,(H2,14,16). The number of amidine groups is 1. The third-order valence-electron chi connectivity index (χ3n) is 2.60. The van der Waals surface area contributed by atoms with Crippen molar-refractivity contribution >= 4 is 34.7 Å². The lowest BCUT2D eigenvalue weighted by atomic mass is 10.3. The quantitative estimate of drug-likeness (QED) is 0.406. The fourth-order valence-electron chi connectivity index (χ4n) is 1.41. The Balaban J connectivity index is 2.03. The molecule has 0 amide bonds. The summed E-state index contributed by atoms with van der Waals surface area (Å²) < 4.78 is 1.43. The highest BCUT2D eigenvalue weighted by Crippen LogP contribution is 2.16. The largest absolute Gasteiger partial charge is 0.380 e. The Kier molecular flexibility index (Phi) is 4.41. The lowest BCUT2D eigenvalue weighted by molar-refractivity contribution is -0.147. The van der Waals surface area contributed by atoms with Gasteiger partial charge in [0.05, 0.1) is 15.6 Å². The molecule has 0 fully saturated rings. The Morgan fingerprint density at radius 3 is 2.95 bits per heavy atom. The Hall–Kier alpha value is -1.86. The zero-order chi connectivity index (χ0) is 14.7. The molecule has 0 aliphatic rings. The molecule has 2 N–H and O–H groups in total. The number of halogens is 1. The molecule has 0 saturated heterocycles. The lowest BCUT2D eigenvalue weighted by Gasteiger charge is -2.08. The van der Waals surface area contributed by atoms with E-state index in [4.69, 9.17) is 22.2 Å². The first-order chi connectivity index (χ1) is 9.49. The summed E-state index contributed by atoms with van der Waals surface area (Å²) in [6, 6.07) is 2.99. The summed E-state index contributed by atoms with van der Waals surface area (Å²) in [5.41, 5.74) is 6.34. The minimum absolute atomic E-state index is 0.162. The zero-order valence-electron chi connectivity index (χ0n) is 10.9. The number of carbonyl (C=O) groups is 1. The van der Waals surface area contributed by atoms with E-state index in [1.807, 2.05) is 11.4 Å². The molecule has 2 aromatic rings. The van der Waals surface area contributed by atoms with Gasteiger partial charge in [0.25, 0.3) is 0 Å². The normalized spacial score (nSPS) is 13.2. The molecule has 20 heavy (non-hydrogen) atoms. The van der Waals surface area contributed by atoms with Crippen LogP contribution < -0.4 is 5.73 Å². The van der Waals surface area contributed by atoms with Gasteiger partial charge in [-0.3, -0.25) is 4.68 Å². The van der Waals surface area contributed by atoms with E-state index in [-0.39, 0.29) is 5.84 Å². The molecule has 0 radical (unpaired) electrons. The lowest BCUT2D eigenvalue weighted by Crippen LogP contribution is -2.20. The second-order valence-electron chi connectivity index (χ2n) is 4.08. The van der Waals surface area contributed by atoms with Crippen molar-refractivity contribution in [2.24, 2.45) is 10.9 Å². The molecule has 0 spiro atoms. The molecule has 0 aliphatic carbocycles. The SMILES string of the molecule is Cc1nn(C(C)C(=O)O/N=C(\N)c2cccs2)cc1Cl. The van der Waals surface area contributed by atoms with E-state index in [1.165, 1.54) is 16.0 Å². The van der Waals surface area contributed by atoms with Gasteiger partial charge in [-0.15, -0.1) is 11.3 Å². The van der Waals surface area contributed by atoms with Crippen LogP contribution in [0.1, 0.15) is 23.5 Å². The van der Waals surface area contributed by atoms with E-state index in [1.54, 1.807) is 26.1 Å². The second kappa shape index (κ2) is 6.06. The van der Waals surface area contributed by atoms with Crippen molar-refractivity contribution < 1.29 is 9.63 Å². The Bertz CT molecular complexity index is 616. The number of nitrogens with zero attached hydrogens (tertiary/aromatic N) is 3. The fourth-order valence-corrected chi connectivity index (χ4v) is 2.16. The van der Waals surface area contributed by atoms with Crippen LogP contribution in [-0.2, 0) is 9.63 Å². The van der Waals surface area contributed by atoms with Crippen LogP contribution in [0.5, 0.6) is 0 Å². The van der Waals surface area contributed by atoms with Crippen molar-refractivity contribution in [1.29, 1.82) is 0 Å². The second-order valence-corrected chi connectivity index (χ2v) is 5.44. The van der Waals surface area contributed by atoms with Gasteiger partial charge in [-0.1, -0.05) is 22.8 Å². The topological polar surface area (TPSA) is 82.5 Å². The number of hydrogen-bond acceptors (Lipinski definition) is 5. The first kappa shape index (κ1) is 14.5. The summed E-state index contributed by atoms with van der Waals surface area (Å²) in [6.45, 7) is 3.39. The van der Waals surface area contributed by atoms with E-state index in [0.29, 0.717) is 10.7 Å². The van der Waals surface area contributed by atoms with Crippen molar-refractivity contribution in [3.05, 3.63) is 39.3 Å². The van der Waals surface area contributed by atoms with Crippen LogP contribution >= 0.6 is 22.9 Å². The molecule has 2 aromatic heterocycles. The molecule has 6 nitrogen and oxygen atoms in total. The molecule has 0 aliphatic heterocycles. The number of thiophene rings is 1. The van der Waals surface area contributed by atoms with Gasteiger partial charge in [-0.25, -0.2) is 4.79 Å². The van der Waals surface area contributed by atoms with Gasteiger partial charge in [0.15, 0.2) is 5.84 Å². The average molecular weight is 313 g/mol. The average Bonchev–Trinajstić information content (AvgIpc) is 3.06. The Morgan fingerprint density at radius 2 is 2.40 bits per heavy atom. The summed E-state index contributed by atoms with van der Waals surface area (Å²) >= 11 is 7.30. The molecule has 0 saturated carbocycles. The molecule has 2 rings (SSSR count). The number of carbonyl (C=O) groups excluding carboxylic acids is 1. The maximum Gasteiger partial charge on any atom is 0.359 e. The maximum atomic E-state index is 11.9. The monoisotopic (exact) mass is 312 g/mol. The van der Waals surface area contributed by atoms with Gasteiger partial charge in [0, 0.05) is 6.20 Å². The van der Waals surface area contributed by atoms with Gasteiger partial charge in [0.2, 0.25) is 0 Å². The number of hydrogen-bond donors (Lipinski definition) is 1.